The topological polar surface area (TPSA) is 82.7 Å². The monoisotopic (exact) mass is 451 g/mol. The molecule has 5 rings (SSSR count). The standard InChI is InChI=1S/C26H17N3O3S/c27-16-18-8-10-19(11-9-18)23-13-12-21(32-23)15-24-25(30)29(17-22-7-4-14-31-22)26(33-24)28-20-5-2-1-3-6-20/h1-15H,17H2. The molecule has 1 amide bonds. The molecular formula is C26H17N3O3S. The zero-order valence-corrected chi connectivity index (χ0v) is 18.2. The van der Waals surface area contributed by atoms with Crippen molar-refractivity contribution in [1.82, 2.24) is 4.90 Å². The maximum absolute atomic E-state index is 13.2. The minimum atomic E-state index is -0.164. The zero-order valence-electron chi connectivity index (χ0n) is 17.3. The smallest absolute Gasteiger partial charge is 0.267 e. The van der Waals surface area contributed by atoms with Gasteiger partial charge in [0.25, 0.3) is 5.91 Å². The van der Waals surface area contributed by atoms with Crippen LogP contribution in [0, 0.1) is 11.3 Å². The number of amides is 1. The number of nitriles is 1. The van der Waals surface area contributed by atoms with Crippen molar-refractivity contribution in [2.24, 2.45) is 4.99 Å². The summed E-state index contributed by atoms with van der Waals surface area (Å²) in [6.07, 6.45) is 3.31. The van der Waals surface area contributed by atoms with Crippen LogP contribution in [0.2, 0.25) is 0 Å². The highest BCUT2D eigenvalue weighted by Gasteiger charge is 2.34. The normalized spacial score (nSPS) is 16.0. The molecule has 33 heavy (non-hydrogen) atoms. The molecule has 2 aromatic heterocycles. The number of amidine groups is 1. The molecule has 0 radical (unpaired) electrons. The molecule has 6 nitrogen and oxygen atoms in total. The number of furan rings is 2. The molecule has 0 spiro atoms. The average molecular weight is 452 g/mol. The van der Waals surface area contributed by atoms with Gasteiger partial charge in [0.05, 0.1) is 35.0 Å². The second kappa shape index (κ2) is 9.07. The van der Waals surface area contributed by atoms with Gasteiger partial charge in [-0.05, 0) is 72.4 Å². The predicted molar refractivity (Wildman–Crippen MR) is 127 cm³/mol. The van der Waals surface area contributed by atoms with Gasteiger partial charge in [0.15, 0.2) is 5.17 Å². The van der Waals surface area contributed by atoms with E-state index in [2.05, 4.69) is 11.1 Å². The van der Waals surface area contributed by atoms with Crippen molar-refractivity contribution in [1.29, 1.82) is 5.26 Å². The van der Waals surface area contributed by atoms with E-state index in [9.17, 15) is 4.79 Å². The molecule has 1 aliphatic rings. The van der Waals surface area contributed by atoms with Gasteiger partial charge in [0, 0.05) is 11.6 Å². The number of rotatable bonds is 5. The Morgan fingerprint density at radius 1 is 1.00 bits per heavy atom. The number of benzene rings is 2. The van der Waals surface area contributed by atoms with E-state index in [1.807, 2.05) is 60.7 Å². The van der Waals surface area contributed by atoms with Crippen molar-refractivity contribution < 1.29 is 13.6 Å². The lowest BCUT2D eigenvalue weighted by atomic mass is 10.1. The first-order chi connectivity index (χ1) is 16.2. The maximum atomic E-state index is 13.2. The Morgan fingerprint density at radius 3 is 2.55 bits per heavy atom. The average Bonchev–Trinajstić information content (AvgIpc) is 3.59. The first-order valence-corrected chi connectivity index (χ1v) is 11.0. The van der Waals surface area contributed by atoms with E-state index >= 15 is 0 Å². The summed E-state index contributed by atoms with van der Waals surface area (Å²) < 4.78 is 11.4. The molecule has 0 aliphatic carbocycles. The quantitative estimate of drug-likeness (QED) is 0.337. The van der Waals surface area contributed by atoms with Crippen LogP contribution in [0.5, 0.6) is 0 Å². The van der Waals surface area contributed by atoms with Gasteiger partial charge in [-0.15, -0.1) is 0 Å². The highest BCUT2D eigenvalue weighted by molar-refractivity contribution is 8.18. The zero-order chi connectivity index (χ0) is 22.6. The number of hydrogen-bond donors (Lipinski definition) is 0. The number of para-hydroxylation sites is 1. The predicted octanol–water partition coefficient (Wildman–Crippen LogP) is 6.22. The van der Waals surface area contributed by atoms with Gasteiger partial charge in [0.1, 0.15) is 17.3 Å². The molecule has 0 atom stereocenters. The molecule has 1 aliphatic heterocycles. The van der Waals surface area contributed by atoms with E-state index in [-0.39, 0.29) is 12.5 Å². The lowest BCUT2D eigenvalue weighted by Gasteiger charge is -2.13. The van der Waals surface area contributed by atoms with Crippen molar-refractivity contribution in [3.8, 4) is 17.4 Å². The van der Waals surface area contributed by atoms with Crippen LogP contribution >= 0.6 is 11.8 Å². The molecule has 0 saturated carbocycles. The summed E-state index contributed by atoms with van der Waals surface area (Å²) in [6.45, 7) is 0.288. The van der Waals surface area contributed by atoms with E-state index in [1.165, 1.54) is 11.8 Å². The van der Waals surface area contributed by atoms with Crippen LogP contribution in [0.25, 0.3) is 17.4 Å². The van der Waals surface area contributed by atoms with Crippen molar-refractivity contribution in [3.05, 3.63) is 107 Å². The second-order valence-electron chi connectivity index (χ2n) is 7.20. The summed E-state index contributed by atoms with van der Waals surface area (Å²) in [6, 6.07) is 26.0. The number of carbonyl (C=O) groups excluding carboxylic acids is 1. The summed E-state index contributed by atoms with van der Waals surface area (Å²) in [5, 5.41) is 9.55. The molecule has 0 N–H and O–H groups in total. The summed E-state index contributed by atoms with van der Waals surface area (Å²) >= 11 is 1.30. The molecule has 0 unspecified atom stereocenters. The van der Waals surface area contributed by atoms with Crippen molar-refractivity contribution >= 4 is 34.6 Å². The lowest BCUT2D eigenvalue weighted by Crippen LogP contribution is -2.28. The van der Waals surface area contributed by atoms with Crippen LogP contribution in [-0.4, -0.2) is 16.0 Å². The molecule has 160 valence electrons. The summed E-state index contributed by atoms with van der Waals surface area (Å²) in [7, 11) is 0. The molecule has 2 aromatic carbocycles. The molecule has 7 heteroatoms. The van der Waals surface area contributed by atoms with Gasteiger partial charge in [-0.1, -0.05) is 18.2 Å². The van der Waals surface area contributed by atoms with Crippen molar-refractivity contribution in [2.45, 2.75) is 6.54 Å². The Hall–Kier alpha value is -4.28. The number of carbonyl (C=O) groups is 1. The first-order valence-electron chi connectivity index (χ1n) is 10.2. The number of thioether (sulfide) groups is 1. The van der Waals surface area contributed by atoms with Crippen LogP contribution < -0.4 is 0 Å². The van der Waals surface area contributed by atoms with Crippen LogP contribution in [0.15, 0.2) is 104 Å². The number of nitrogens with zero attached hydrogens (tertiary/aromatic N) is 3. The van der Waals surface area contributed by atoms with Gasteiger partial charge in [-0.3, -0.25) is 9.69 Å². The third-order valence-electron chi connectivity index (χ3n) is 4.96. The van der Waals surface area contributed by atoms with E-state index in [0.717, 1.165) is 11.3 Å². The third kappa shape index (κ3) is 4.52. The van der Waals surface area contributed by atoms with Crippen molar-refractivity contribution in [2.75, 3.05) is 0 Å². The SMILES string of the molecule is N#Cc1ccc(-c2ccc(C=C3SC(=Nc4ccccc4)N(Cc4ccco4)C3=O)o2)cc1. The van der Waals surface area contributed by atoms with Crippen LogP contribution in [0.4, 0.5) is 5.69 Å². The molecule has 3 heterocycles. The van der Waals surface area contributed by atoms with Gasteiger partial charge in [-0.2, -0.15) is 5.26 Å². The Morgan fingerprint density at radius 2 is 1.82 bits per heavy atom. The molecule has 4 aromatic rings. The van der Waals surface area contributed by atoms with E-state index in [4.69, 9.17) is 14.1 Å². The first kappa shape index (κ1) is 20.6. The third-order valence-corrected chi connectivity index (χ3v) is 5.97. The fourth-order valence-corrected chi connectivity index (χ4v) is 4.30. The van der Waals surface area contributed by atoms with Gasteiger partial charge in [-0.25, -0.2) is 4.99 Å². The summed E-state index contributed by atoms with van der Waals surface area (Å²) in [4.78, 5) is 20.0. The van der Waals surface area contributed by atoms with Crippen LogP contribution in [-0.2, 0) is 11.3 Å². The Balaban J connectivity index is 1.44. The molecular weight excluding hydrogens is 434 g/mol. The van der Waals surface area contributed by atoms with Crippen LogP contribution in [0.3, 0.4) is 0 Å². The molecule has 1 saturated heterocycles. The van der Waals surface area contributed by atoms with E-state index in [1.54, 1.807) is 35.4 Å². The number of aliphatic imine (C=N–C) groups is 1. The largest absolute Gasteiger partial charge is 0.467 e. The van der Waals surface area contributed by atoms with Crippen LogP contribution in [0.1, 0.15) is 17.1 Å². The summed E-state index contributed by atoms with van der Waals surface area (Å²) in [5.41, 5.74) is 2.21. The van der Waals surface area contributed by atoms with Gasteiger partial charge < -0.3 is 8.83 Å². The summed E-state index contributed by atoms with van der Waals surface area (Å²) in [5.74, 6) is 1.73. The molecule has 1 fully saturated rings. The van der Waals surface area contributed by atoms with E-state index in [0.29, 0.717) is 32.9 Å². The maximum Gasteiger partial charge on any atom is 0.267 e. The van der Waals surface area contributed by atoms with Crippen molar-refractivity contribution in [3.63, 3.8) is 0 Å². The van der Waals surface area contributed by atoms with Gasteiger partial charge in [0.2, 0.25) is 0 Å². The Labute approximate surface area is 194 Å². The Bertz CT molecular complexity index is 1380. The molecule has 0 bridgehead atoms. The minimum absolute atomic E-state index is 0.164. The number of hydrogen-bond acceptors (Lipinski definition) is 6. The fourth-order valence-electron chi connectivity index (χ4n) is 3.33. The highest BCUT2D eigenvalue weighted by atomic mass is 32.2. The highest BCUT2D eigenvalue weighted by Crippen LogP contribution is 2.36. The lowest BCUT2D eigenvalue weighted by molar-refractivity contribution is -0.122. The Kier molecular flexibility index (Phi) is 5.66. The van der Waals surface area contributed by atoms with E-state index < -0.39 is 0 Å². The second-order valence-corrected chi connectivity index (χ2v) is 8.21. The fraction of sp³-hybridized carbons (Fsp3) is 0.0385. The minimum Gasteiger partial charge on any atom is -0.467 e. The van der Waals surface area contributed by atoms with Gasteiger partial charge >= 0.3 is 0 Å².